The van der Waals surface area contributed by atoms with E-state index in [1.54, 1.807) is 35.2 Å². The minimum atomic E-state index is -3.99. The third-order valence-corrected chi connectivity index (χ3v) is 7.58. The Labute approximate surface area is 175 Å². The normalized spacial score (nSPS) is 14.9. The summed E-state index contributed by atoms with van der Waals surface area (Å²) in [4.78, 5) is 19.4. The highest BCUT2D eigenvalue weighted by Crippen LogP contribution is 2.33. The first-order chi connectivity index (χ1) is 13.9. The van der Waals surface area contributed by atoms with Crippen LogP contribution in [0.1, 0.15) is 35.2 Å². The van der Waals surface area contributed by atoms with E-state index in [-0.39, 0.29) is 21.3 Å². The molecule has 29 heavy (non-hydrogen) atoms. The Morgan fingerprint density at radius 2 is 1.79 bits per heavy atom. The van der Waals surface area contributed by atoms with Crippen molar-refractivity contribution >= 4 is 38.2 Å². The van der Waals surface area contributed by atoms with E-state index in [2.05, 4.69) is 4.98 Å². The van der Waals surface area contributed by atoms with E-state index in [4.69, 9.17) is 11.6 Å². The zero-order valence-corrected chi connectivity index (χ0v) is 17.6. The molecule has 1 aliphatic heterocycles. The van der Waals surface area contributed by atoms with Gasteiger partial charge >= 0.3 is 0 Å². The Hall–Kier alpha value is -2.44. The summed E-state index contributed by atoms with van der Waals surface area (Å²) >= 11 is 6.20. The third-order valence-electron chi connectivity index (χ3n) is 5.32. The number of para-hydroxylation sites is 1. The molecule has 1 fully saturated rings. The van der Waals surface area contributed by atoms with Crippen LogP contribution in [-0.4, -0.2) is 37.3 Å². The number of amides is 1. The lowest BCUT2D eigenvalue weighted by molar-refractivity contribution is 0.0720. The fourth-order valence-electron chi connectivity index (χ4n) is 3.68. The molecule has 150 valence electrons. The maximum atomic E-state index is 13.7. The molecule has 0 aliphatic carbocycles. The minimum Gasteiger partial charge on any atom is -0.339 e. The van der Waals surface area contributed by atoms with Crippen molar-refractivity contribution in [2.45, 2.75) is 36.0 Å². The minimum absolute atomic E-state index is 0.00130. The van der Waals surface area contributed by atoms with Gasteiger partial charge in [0, 0.05) is 29.7 Å². The van der Waals surface area contributed by atoms with Crippen molar-refractivity contribution in [2.75, 3.05) is 13.1 Å². The predicted octanol–water partition coefficient (Wildman–Crippen LogP) is 4.66. The van der Waals surface area contributed by atoms with Crippen molar-refractivity contribution in [3.05, 3.63) is 64.8 Å². The van der Waals surface area contributed by atoms with E-state index < -0.39 is 9.84 Å². The van der Waals surface area contributed by atoms with Crippen molar-refractivity contribution < 1.29 is 13.2 Å². The number of carbonyl (C=O) groups is 1. The first-order valence-electron chi connectivity index (χ1n) is 9.58. The molecule has 0 N–H and O–H groups in total. The third kappa shape index (κ3) is 3.63. The van der Waals surface area contributed by atoms with Gasteiger partial charge in [0.05, 0.1) is 20.9 Å². The van der Waals surface area contributed by atoms with E-state index in [1.807, 2.05) is 6.92 Å². The van der Waals surface area contributed by atoms with E-state index in [0.29, 0.717) is 29.0 Å². The maximum absolute atomic E-state index is 13.7. The van der Waals surface area contributed by atoms with Crippen LogP contribution in [0.15, 0.2) is 58.5 Å². The molecule has 0 bridgehead atoms. The number of aromatic nitrogens is 1. The van der Waals surface area contributed by atoms with Gasteiger partial charge in [0.2, 0.25) is 9.84 Å². The summed E-state index contributed by atoms with van der Waals surface area (Å²) in [6, 6.07) is 11.6. The first-order valence-corrected chi connectivity index (χ1v) is 11.4. The van der Waals surface area contributed by atoms with Gasteiger partial charge in [-0.25, -0.2) is 8.42 Å². The van der Waals surface area contributed by atoms with Crippen LogP contribution in [0.4, 0.5) is 0 Å². The van der Waals surface area contributed by atoms with Crippen LogP contribution < -0.4 is 0 Å². The molecule has 0 unspecified atom stereocenters. The van der Waals surface area contributed by atoms with Crippen LogP contribution in [-0.2, 0) is 9.84 Å². The van der Waals surface area contributed by atoms with Crippen LogP contribution in [0.25, 0.3) is 10.9 Å². The van der Waals surface area contributed by atoms with Crippen LogP contribution in [0, 0.1) is 6.92 Å². The lowest BCUT2D eigenvalue weighted by atomic mass is 10.1. The van der Waals surface area contributed by atoms with Crippen molar-refractivity contribution in [1.82, 2.24) is 9.88 Å². The molecule has 1 amide bonds. The molecule has 7 heteroatoms. The quantitative estimate of drug-likeness (QED) is 0.608. The van der Waals surface area contributed by atoms with Gasteiger partial charge in [-0.3, -0.25) is 9.78 Å². The molecule has 0 atom stereocenters. The molecule has 0 saturated carbocycles. The number of piperidine rings is 1. The number of fused-ring (bicyclic) bond motifs is 1. The Balaban J connectivity index is 1.95. The zero-order chi connectivity index (χ0) is 20.6. The number of hydrogen-bond acceptors (Lipinski definition) is 4. The molecule has 5 nitrogen and oxygen atoms in total. The summed E-state index contributed by atoms with van der Waals surface area (Å²) in [5, 5.41) is 0.806. The molecule has 1 aromatic heterocycles. The fraction of sp³-hybridized carbons (Fsp3) is 0.273. The predicted molar refractivity (Wildman–Crippen MR) is 113 cm³/mol. The zero-order valence-electron chi connectivity index (χ0n) is 16.1. The van der Waals surface area contributed by atoms with Crippen LogP contribution >= 0.6 is 11.6 Å². The average molecular weight is 429 g/mol. The highest BCUT2D eigenvalue weighted by molar-refractivity contribution is 7.91. The molecular formula is C22H21ClN2O3S. The summed E-state index contributed by atoms with van der Waals surface area (Å²) < 4.78 is 27.3. The second kappa shape index (κ2) is 7.76. The molecular weight excluding hydrogens is 408 g/mol. The van der Waals surface area contributed by atoms with Gasteiger partial charge in [-0.05, 0) is 49.9 Å². The highest BCUT2D eigenvalue weighted by atomic mass is 35.5. The largest absolute Gasteiger partial charge is 0.339 e. The second-order valence-corrected chi connectivity index (χ2v) is 9.58. The van der Waals surface area contributed by atoms with E-state index in [1.165, 1.54) is 18.3 Å². The average Bonchev–Trinajstić information content (AvgIpc) is 2.74. The van der Waals surface area contributed by atoms with Crippen molar-refractivity contribution in [3.63, 3.8) is 0 Å². The topological polar surface area (TPSA) is 67.3 Å². The lowest BCUT2D eigenvalue weighted by Gasteiger charge is -2.27. The van der Waals surface area contributed by atoms with Crippen molar-refractivity contribution in [3.8, 4) is 0 Å². The molecule has 2 heterocycles. The SMILES string of the molecule is Cc1ccc(S(=O)(=O)c2c(C(=O)N3CCCCC3)cnc3ccccc23)cc1Cl. The van der Waals surface area contributed by atoms with Crippen molar-refractivity contribution in [1.29, 1.82) is 0 Å². The Kier molecular flexibility index (Phi) is 5.32. The molecule has 2 aromatic carbocycles. The molecule has 1 aliphatic rings. The second-order valence-electron chi connectivity index (χ2n) is 7.29. The number of rotatable bonds is 3. The van der Waals surface area contributed by atoms with Gasteiger partial charge in [0.1, 0.15) is 0 Å². The maximum Gasteiger partial charge on any atom is 0.256 e. The van der Waals surface area contributed by atoms with Gasteiger partial charge in [-0.2, -0.15) is 0 Å². The number of carbonyl (C=O) groups excluding carboxylic acids is 1. The van der Waals surface area contributed by atoms with E-state index >= 15 is 0 Å². The van der Waals surface area contributed by atoms with Gasteiger partial charge in [-0.1, -0.05) is 35.9 Å². The number of pyridine rings is 1. The smallest absolute Gasteiger partial charge is 0.256 e. The van der Waals surface area contributed by atoms with E-state index in [9.17, 15) is 13.2 Å². The molecule has 0 spiro atoms. The Morgan fingerprint density at radius 1 is 1.07 bits per heavy atom. The van der Waals surface area contributed by atoms with Gasteiger partial charge in [-0.15, -0.1) is 0 Å². The molecule has 3 aromatic rings. The number of benzene rings is 2. The number of aryl methyl sites for hydroxylation is 1. The number of sulfone groups is 1. The number of nitrogens with zero attached hydrogens (tertiary/aromatic N) is 2. The van der Waals surface area contributed by atoms with Crippen LogP contribution in [0.2, 0.25) is 5.02 Å². The number of hydrogen-bond donors (Lipinski definition) is 0. The molecule has 1 saturated heterocycles. The van der Waals surface area contributed by atoms with Crippen LogP contribution in [0.3, 0.4) is 0 Å². The fourth-order valence-corrected chi connectivity index (χ4v) is 5.58. The van der Waals surface area contributed by atoms with Gasteiger partial charge < -0.3 is 4.90 Å². The van der Waals surface area contributed by atoms with Crippen LogP contribution in [0.5, 0.6) is 0 Å². The Bertz CT molecular complexity index is 1200. The van der Waals surface area contributed by atoms with Crippen molar-refractivity contribution in [2.24, 2.45) is 0 Å². The van der Waals surface area contributed by atoms with Gasteiger partial charge in [0.25, 0.3) is 5.91 Å². The summed E-state index contributed by atoms with van der Waals surface area (Å²) in [5.41, 5.74) is 1.43. The highest BCUT2D eigenvalue weighted by Gasteiger charge is 2.30. The number of halogens is 1. The monoisotopic (exact) mass is 428 g/mol. The van der Waals surface area contributed by atoms with Gasteiger partial charge in [0.15, 0.2) is 0 Å². The summed E-state index contributed by atoms with van der Waals surface area (Å²) in [6.07, 6.45) is 4.31. The summed E-state index contributed by atoms with van der Waals surface area (Å²) in [5.74, 6) is -0.292. The summed E-state index contributed by atoms with van der Waals surface area (Å²) in [6.45, 7) is 3.06. The Morgan fingerprint density at radius 3 is 2.52 bits per heavy atom. The summed E-state index contributed by atoms with van der Waals surface area (Å²) in [7, 11) is -3.99. The van der Waals surface area contributed by atoms with E-state index in [0.717, 1.165) is 24.8 Å². The molecule has 4 rings (SSSR count). The number of likely N-dealkylation sites (tertiary alicyclic amines) is 1. The first kappa shape index (κ1) is 19.9. The lowest BCUT2D eigenvalue weighted by Crippen LogP contribution is -2.36. The molecule has 0 radical (unpaired) electrons. The standard InChI is InChI=1S/C22H21ClN2O3S/c1-15-9-10-16(13-19(15)23)29(27,28)21-17-7-3-4-8-20(17)24-14-18(21)22(26)25-11-5-2-6-12-25/h3-4,7-10,13-14H,2,5-6,11-12H2,1H3.